The number of imide groups is 1. The molecule has 0 spiro atoms. The fraction of sp³-hybridized carbons (Fsp3) is 0.208. The average molecular weight is 514 g/mol. The van der Waals surface area contributed by atoms with Gasteiger partial charge in [-0.1, -0.05) is 17.7 Å². The second-order valence-electron chi connectivity index (χ2n) is 7.65. The molecule has 180 valence electrons. The van der Waals surface area contributed by atoms with Crippen molar-refractivity contribution in [2.45, 2.75) is 25.9 Å². The van der Waals surface area contributed by atoms with Gasteiger partial charge in [-0.05, 0) is 54.8 Å². The normalized spacial score (nSPS) is 15.4. The third kappa shape index (κ3) is 5.03. The fourth-order valence-corrected chi connectivity index (χ4v) is 4.72. The Labute approximate surface area is 209 Å². The Balaban J connectivity index is 1.67. The number of ether oxygens (including phenoxy) is 1. The Bertz CT molecular complexity index is 1280. The number of amides is 3. The van der Waals surface area contributed by atoms with Crippen molar-refractivity contribution in [3.8, 4) is 5.75 Å². The van der Waals surface area contributed by atoms with Crippen LogP contribution < -0.4 is 9.64 Å². The number of nitro groups is 1. The van der Waals surface area contributed by atoms with E-state index in [1.54, 1.807) is 30.3 Å². The first-order chi connectivity index (χ1) is 16.8. The van der Waals surface area contributed by atoms with E-state index in [-0.39, 0.29) is 23.6 Å². The third-order valence-electron chi connectivity index (χ3n) is 5.46. The molecule has 4 rings (SSSR count). The molecule has 1 atom stereocenters. The molecule has 1 fully saturated rings. The van der Waals surface area contributed by atoms with E-state index in [2.05, 4.69) is 0 Å². The van der Waals surface area contributed by atoms with Gasteiger partial charge in [0.25, 0.3) is 17.5 Å². The molecule has 2 aromatic carbocycles. The van der Waals surface area contributed by atoms with Gasteiger partial charge in [0.15, 0.2) is 0 Å². The molecule has 11 heteroatoms. The molecule has 0 N–H and O–H groups in total. The molecular weight excluding hydrogens is 494 g/mol. The number of hydrogen-bond acceptors (Lipinski definition) is 7. The Hall–Kier alpha value is -3.76. The average Bonchev–Trinajstić information content (AvgIpc) is 3.45. The minimum atomic E-state index is -1.07. The summed E-state index contributed by atoms with van der Waals surface area (Å²) in [6.45, 7) is 2.39. The second-order valence-corrected chi connectivity index (χ2v) is 9.09. The summed E-state index contributed by atoms with van der Waals surface area (Å²) >= 11 is 7.29. The predicted octanol–water partition coefficient (Wildman–Crippen LogP) is 4.68. The van der Waals surface area contributed by atoms with Gasteiger partial charge in [-0.3, -0.25) is 24.5 Å². The maximum atomic E-state index is 13.5. The molecular formula is C24H20ClN3O6S. The van der Waals surface area contributed by atoms with Gasteiger partial charge in [-0.15, -0.1) is 11.3 Å². The lowest BCUT2D eigenvalue weighted by Gasteiger charge is -2.27. The first-order valence-electron chi connectivity index (χ1n) is 10.7. The van der Waals surface area contributed by atoms with Crippen molar-refractivity contribution in [2.24, 2.45) is 0 Å². The lowest BCUT2D eigenvalue weighted by atomic mass is 10.1. The smallest absolute Gasteiger partial charge is 0.288 e. The van der Waals surface area contributed by atoms with Crippen LogP contribution in [-0.4, -0.2) is 40.2 Å². The van der Waals surface area contributed by atoms with Gasteiger partial charge in [-0.25, -0.2) is 4.90 Å². The number of hydrogen-bond donors (Lipinski definition) is 0. The van der Waals surface area contributed by atoms with Gasteiger partial charge in [-0.2, -0.15) is 0 Å². The number of carbonyl (C=O) groups excluding carboxylic acids is 3. The van der Waals surface area contributed by atoms with Crippen LogP contribution in [0.3, 0.4) is 0 Å². The van der Waals surface area contributed by atoms with E-state index in [4.69, 9.17) is 16.3 Å². The van der Waals surface area contributed by atoms with Crippen LogP contribution in [0.1, 0.15) is 28.6 Å². The Morgan fingerprint density at radius 1 is 1.23 bits per heavy atom. The zero-order chi connectivity index (χ0) is 25.1. The first kappa shape index (κ1) is 24.4. The van der Waals surface area contributed by atoms with Crippen LogP contribution >= 0.6 is 22.9 Å². The van der Waals surface area contributed by atoms with Crippen molar-refractivity contribution in [1.82, 2.24) is 4.90 Å². The molecule has 0 aliphatic carbocycles. The third-order valence-corrected chi connectivity index (χ3v) is 6.64. The summed E-state index contributed by atoms with van der Waals surface area (Å²) < 4.78 is 5.41. The highest BCUT2D eigenvalue weighted by Gasteiger charge is 2.44. The molecule has 0 bridgehead atoms. The van der Waals surface area contributed by atoms with Gasteiger partial charge < -0.3 is 9.64 Å². The van der Waals surface area contributed by atoms with Gasteiger partial charge in [0.2, 0.25) is 5.91 Å². The number of carbonyl (C=O) groups is 3. The van der Waals surface area contributed by atoms with Gasteiger partial charge in [0.05, 0.1) is 30.2 Å². The quantitative estimate of drug-likeness (QED) is 0.245. The van der Waals surface area contributed by atoms with Crippen molar-refractivity contribution >= 4 is 52.0 Å². The zero-order valence-corrected chi connectivity index (χ0v) is 20.1. The Morgan fingerprint density at radius 3 is 2.60 bits per heavy atom. The van der Waals surface area contributed by atoms with Crippen LogP contribution in [0, 0.1) is 10.1 Å². The summed E-state index contributed by atoms with van der Waals surface area (Å²) in [5, 5.41) is 13.0. The van der Waals surface area contributed by atoms with Crippen LogP contribution in [0.2, 0.25) is 5.02 Å². The minimum absolute atomic E-state index is 0.00239. The summed E-state index contributed by atoms with van der Waals surface area (Å²) in [4.78, 5) is 53.6. The number of rotatable bonds is 8. The molecule has 3 aromatic rings. The molecule has 35 heavy (non-hydrogen) atoms. The largest absolute Gasteiger partial charge is 0.494 e. The maximum absolute atomic E-state index is 13.5. The molecule has 1 aliphatic rings. The molecule has 1 aliphatic heterocycles. The molecule has 1 aromatic heterocycles. The fourth-order valence-electron chi connectivity index (χ4n) is 3.83. The SMILES string of the molecule is CCOc1ccc(N2C(=O)CC(N(Cc3cccs3)C(=O)c3ccc(Cl)c([N+](=O)[O-])c3)C2=O)cc1. The standard InChI is InChI=1S/C24H20ClN3O6S/c1-2-34-17-8-6-16(7-9-17)27-22(29)13-21(24(27)31)26(14-18-4-3-11-35-18)23(30)15-5-10-19(25)20(12-15)28(32)33/h3-12,21H,2,13-14H2,1H3. The molecule has 1 saturated heterocycles. The van der Waals surface area contributed by atoms with Crippen molar-refractivity contribution < 1.29 is 24.0 Å². The van der Waals surface area contributed by atoms with E-state index in [1.165, 1.54) is 28.4 Å². The molecule has 1 unspecified atom stereocenters. The molecule has 0 radical (unpaired) electrons. The Morgan fingerprint density at radius 2 is 1.97 bits per heavy atom. The number of anilines is 1. The molecule has 3 amide bonds. The van der Waals surface area contributed by atoms with Gasteiger partial charge in [0, 0.05) is 16.5 Å². The number of halogens is 1. The summed E-state index contributed by atoms with van der Waals surface area (Å²) in [6, 6.07) is 12.8. The second kappa shape index (κ2) is 10.2. The monoisotopic (exact) mass is 513 g/mol. The van der Waals surface area contributed by atoms with E-state index in [1.807, 2.05) is 18.4 Å². The number of nitrogens with zero attached hydrogens (tertiary/aromatic N) is 3. The summed E-state index contributed by atoms with van der Waals surface area (Å²) in [5.74, 6) is -1.01. The lowest BCUT2D eigenvalue weighted by Crippen LogP contribution is -2.45. The predicted molar refractivity (Wildman–Crippen MR) is 131 cm³/mol. The lowest BCUT2D eigenvalue weighted by molar-refractivity contribution is -0.384. The zero-order valence-electron chi connectivity index (χ0n) is 18.5. The Kier molecular flexibility index (Phi) is 7.13. The highest BCUT2D eigenvalue weighted by Crippen LogP contribution is 2.31. The van der Waals surface area contributed by atoms with E-state index < -0.39 is 34.4 Å². The molecule has 0 saturated carbocycles. The van der Waals surface area contributed by atoms with E-state index in [0.717, 1.165) is 15.8 Å². The van der Waals surface area contributed by atoms with Crippen LogP contribution in [-0.2, 0) is 16.1 Å². The van der Waals surface area contributed by atoms with Crippen molar-refractivity contribution in [1.29, 1.82) is 0 Å². The molecule has 2 heterocycles. The van der Waals surface area contributed by atoms with E-state index >= 15 is 0 Å². The van der Waals surface area contributed by atoms with Crippen LogP contribution in [0.15, 0.2) is 60.0 Å². The highest BCUT2D eigenvalue weighted by atomic mass is 35.5. The number of benzene rings is 2. The minimum Gasteiger partial charge on any atom is -0.494 e. The van der Waals surface area contributed by atoms with Crippen molar-refractivity contribution in [3.63, 3.8) is 0 Å². The summed E-state index contributed by atoms with van der Waals surface area (Å²) in [7, 11) is 0. The number of nitro benzene ring substituents is 1. The van der Waals surface area contributed by atoms with E-state index in [0.29, 0.717) is 18.0 Å². The first-order valence-corrected chi connectivity index (χ1v) is 11.9. The van der Waals surface area contributed by atoms with Gasteiger partial charge in [0.1, 0.15) is 16.8 Å². The summed E-state index contributed by atoms with van der Waals surface area (Å²) in [6.07, 6.45) is -0.209. The van der Waals surface area contributed by atoms with Crippen LogP contribution in [0.5, 0.6) is 5.75 Å². The van der Waals surface area contributed by atoms with Crippen LogP contribution in [0.4, 0.5) is 11.4 Å². The van der Waals surface area contributed by atoms with E-state index in [9.17, 15) is 24.5 Å². The van der Waals surface area contributed by atoms with Crippen molar-refractivity contribution in [2.75, 3.05) is 11.5 Å². The highest BCUT2D eigenvalue weighted by molar-refractivity contribution is 7.09. The van der Waals surface area contributed by atoms with Crippen molar-refractivity contribution in [3.05, 3.63) is 85.6 Å². The maximum Gasteiger partial charge on any atom is 0.288 e. The van der Waals surface area contributed by atoms with Gasteiger partial charge >= 0.3 is 0 Å². The molecule has 9 nitrogen and oxygen atoms in total. The summed E-state index contributed by atoms with van der Waals surface area (Å²) in [5.41, 5.74) is -0.0486. The topological polar surface area (TPSA) is 110 Å². The number of thiophene rings is 1. The van der Waals surface area contributed by atoms with Crippen LogP contribution in [0.25, 0.3) is 0 Å².